The minimum atomic E-state index is -0.660. The molecule has 3 heteroatoms. The van der Waals surface area contributed by atoms with Gasteiger partial charge in [-0.3, -0.25) is 0 Å². The van der Waals surface area contributed by atoms with E-state index < -0.39 is 6.10 Å². The highest BCUT2D eigenvalue weighted by atomic mass is 32.2. The molecule has 0 heterocycles. The minimum absolute atomic E-state index is 0.660. The molecule has 1 N–H and O–H groups in total. The van der Waals surface area contributed by atoms with Gasteiger partial charge < -0.3 is 9.84 Å². The molecule has 0 fully saturated rings. The lowest BCUT2D eigenvalue weighted by Crippen LogP contribution is -2.05. The molecule has 0 aliphatic rings. The van der Waals surface area contributed by atoms with Gasteiger partial charge in [-0.25, -0.2) is 0 Å². The normalized spacial score (nSPS) is 12.2. The van der Waals surface area contributed by atoms with E-state index in [2.05, 4.69) is 6.92 Å². The third-order valence-electron chi connectivity index (χ3n) is 3.11. The van der Waals surface area contributed by atoms with Gasteiger partial charge in [-0.1, -0.05) is 43.3 Å². The maximum Gasteiger partial charge on any atom is 0.125 e. The fourth-order valence-corrected chi connectivity index (χ4v) is 2.74. The lowest BCUT2D eigenvalue weighted by molar-refractivity contribution is 0.208. The van der Waals surface area contributed by atoms with Crippen molar-refractivity contribution in [2.45, 2.75) is 24.3 Å². The van der Waals surface area contributed by atoms with Crippen LogP contribution in [-0.4, -0.2) is 18.0 Å². The monoisotopic (exact) mass is 288 g/mol. The van der Waals surface area contributed by atoms with Crippen molar-refractivity contribution in [2.24, 2.45) is 0 Å². The fourth-order valence-electron chi connectivity index (χ4n) is 2.11. The Morgan fingerprint density at radius 2 is 1.70 bits per heavy atom. The standard InChI is InChI=1S/C17H20O2S/c1-3-12-19-15-10-6-4-8-13(15)17(18)14-9-5-7-11-16(14)20-2/h4-11,17-18H,3,12H2,1-2H3. The van der Waals surface area contributed by atoms with E-state index in [1.54, 1.807) is 11.8 Å². The molecule has 0 aliphatic carbocycles. The largest absolute Gasteiger partial charge is 0.493 e. The van der Waals surface area contributed by atoms with Crippen LogP contribution in [0.15, 0.2) is 53.4 Å². The Labute approximate surface area is 124 Å². The zero-order chi connectivity index (χ0) is 14.4. The van der Waals surface area contributed by atoms with Crippen molar-refractivity contribution in [2.75, 3.05) is 12.9 Å². The molecule has 0 aliphatic heterocycles. The zero-order valence-electron chi connectivity index (χ0n) is 11.9. The van der Waals surface area contributed by atoms with Crippen molar-refractivity contribution in [3.63, 3.8) is 0 Å². The SMILES string of the molecule is CCCOc1ccccc1C(O)c1ccccc1SC. The van der Waals surface area contributed by atoms with Crippen molar-refractivity contribution >= 4 is 11.8 Å². The molecule has 1 unspecified atom stereocenters. The molecule has 0 saturated carbocycles. The summed E-state index contributed by atoms with van der Waals surface area (Å²) >= 11 is 1.64. The summed E-state index contributed by atoms with van der Waals surface area (Å²) in [5, 5.41) is 10.7. The lowest BCUT2D eigenvalue weighted by Gasteiger charge is -2.18. The Bertz CT molecular complexity index is 554. The molecule has 0 amide bonds. The molecule has 1 atom stereocenters. The van der Waals surface area contributed by atoms with Gasteiger partial charge in [0, 0.05) is 10.5 Å². The first kappa shape index (κ1) is 14.9. The van der Waals surface area contributed by atoms with Crippen molar-refractivity contribution < 1.29 is 9.84 Å². The Balaban J connectivity index is 2.35. The highest BCUT2D eigenvalue weighted by Crippen LogP contribution is 2.34. The number of thioether (sulfide) groups is 1. The molecule has 0 saturated heterocycles. The summed E-state index contributed by atoms with van der Waals surface area (Å²) < 4.78 is 5.74. The summed E-state index contributed by atoms with van der Waals surface area (Å²) in [7, 11) is 0. The number of ether oxygens (including phenoxy) is 1. The first-order chi connectivity index (χ1) is 9.77. The van der Waals surface area contributed by atoms with E-state index in [0.29, 0.717) is 6.61 Å². The van der Waals surface area contributed by atoms with Gasteiger partial charge in [0.05, 0.1) is 6.61 Å². The quantitative estimate of drug-likeness (QED) is 0.805. The molecule has 2 nitrogen and oxygen atoms in total. The summed E-state index contributed by atoms with van der Waals surface area (Å²) in [5.74, 6) is 0.762. The van der Waals surface area contributed by atoms with Crippen LogP contribution in [0.5, 0.6) is 5.75 Å². The number of hydrogen-bond donors (Lipinski definition) is 1. The average Bonchev–Trinajstić information content (AvgIpc) is 2.52. The molecule has 0 aromatic heterocycles. The van der Waals surface area contributed by atoms with Gasteiger partial charge in [0.25, 0.3) is 0 Å². The third-order valence-corrected chi connectivity index (χ3v) is 3.92. The number of para-hydroxylation sites is 1. The fraction of sp³-hybridized carbons (Fsp3) is 0.294. The minimum Gasteiger partial charge on any atom is -0.493 e. The summed E-state index contributed by atoms with van der Waals surface area (Å²) in [6.07, 6.45) is 2.31. The lowest BCUT2D eigenvalue weighted by atomic mass is 10.0. The molecular weight excluding hydrogens is 268 g/mol. The highest BCUT2D eigenvalue weighted by molar-refractivity contribution is 7.98. The van der Waals surface area contributed by atoms with Crippen LogP contribution in [0.25, 0.3) is 0 Å². The van der Waals surface area contributed by atoms with Crippen molar-refractivity contribution in [1.29, 1.82) is 0 Å². The summed E-state index contributed by atoms with van der Waals surface area (Å²) in [4.78, 5) is 1.09. The number of hydrogen-bond acceptors (Lipinski definition) is 3. The van der Waals surface area contributed by atoms with Crippen molar-refractivity contribution in [3.05, 3.63) is 59.7 Å². The van der Waals surface area contributed by atoms with Crippen LogP contribution in [0.2, 0.25) is 0 Å². The molecule has 2 rings (SSSR count). The summed E-state index contributed by atoms with van der Waals surface area (Å²) in [6, 6.07) is 15.6. The number of aliphatic hydroxyl groups is 1. The van der Waals surface area contributed by atoms with Crippen LogP contribution in [0.1, 0.15) is 30.6 Å². The smallest absolute Gasteiger partial charge is 0.125 e. The second-order valence-corrected chi connectivity index (χ2v) is 5.38. The van der Waals surface area contributed by atoms with Gasteiger partial charge in [-0.2, -0.15) is 0 Å². The van der Waals surface area contributed by atoms with Gasteiger partial charge in [-0.05, 0) is 30.4 Å². The van der Waals surface area contributed by atoms with Gasteiger partial charge in [0.1, 0.15) is 11.9 Å². The van der Waals surface area contributed by atoms with Crippen molar-refractivity contribution in [1.82, 2.24) is 0 Å². The van der Waals surface area contributed by atoms with Crippen molar-refractivity contribution in [3.8, 4) is 5.75 Å². The van der Waals surface area contributed by atoms with E-state index in [1.165, 1.54) is 0 Å². The highest BCUT2D eigenvalue weighted by Gasteiger charge is 2.17. The van der Waals surface area contributed by atoms with Gasteiger partial charge in [0.2, 0.25) is 0 Å². The maximum atomic E-state index is 10.7. The van der Waals surface area contributed by atoms with E-state index in [1.807, 2.05) is 54.8 Å². The van der Waals surface area contributed by atoms with Gasteiger partial charge in [0.15, 0.2) is 0 Å². The molecule has 2 aromatic carbocycles. The first-order valence-electron chi connectivity index (χ1n) is 6.80. The Morgan fingerprint density at radius 3 is 2.40 bits per heavy atom. The maximum absolute atomic E-state index is 10.7. The molecule has 2 aromatic rings. The zero-order valence-corrected chi connectivity index (χ0v) is 12.7. The molecule has 106 valence electrons. The Hall–Kier alpha value is -1.45. The first-order valence-corrected chi connectivity index (χ1v) is 8.03. The van der Waals surface area contributed by atoms with Gasteiger partial charge >= 0.3 is 0 Å². The van der Waals surface area contributed by atoms with Crippen LogP contribution in [0.3, 0.4) is 0 Å². The molecule has 0 bridgehead atoms. The van der Waals surface area contributed by atoms with E-state index in [9.17, 15) is 5.11 Å². The molecule has 0 spiro atoms. The summed E-state index contributed by atoms with van der Waals surface area (Å²) in [6.45, 7) is 2.73. The molecule has 0 radical (unpaired) electrons. The van der Waals surface area contributed by atoms with Crippen LogP contribution < -0.4 is 4.74 Å². The van der Waals surface area contributed by atoms with Crippen LogP contribution in [0.4, 0.5) is 0 Å². The predicted octanol–water partition coefficient (Wildman–Crippen LogP) is 4.28. The molecule has 20 heavy (non-hydrogen) atoms. The second-order valence-electron chi connectivity index (χ2n) is 4.53. The second kappa shape index (κ2) is 7.36. The topological polar surface area (TPSA) is 29.5 Å². The average molecular weight is 288 g/mol. The van der Waals surface area contributed by atoms with E-state index in [4.69, 9.17) is 4.74 Å². The third kappa shape index (κ3) is 3.35. The van der Waals surface area contributed by atoms with Crippen LogP contribution >= 0.6 is 11.8 Å². The van der Waals surface area contributed by atoms with Crippen LogP contribution in [0, 0.1) is 0 Å². The van der Waals surface area contributed by atoms with Gasteiger partial charge in [-0.15, -0.1) is 11.8 Å². The number of aliphatic hydroxyl groups excluding tert-OH is 1. The van der Waals surface area contributed by atoms with E-state index >= 15 is 0 Å². The number of benzene rings is 2. The molecular formula is C17H20O2S. The summed E-state index contributed by atoms with van der Waals surface area (Å²) in [5.41, 5.74) is 1.75. The predicted molar refractivity (Wildman–Crippen MR) is 84.5 cm³/mol. The Morgan fingerprint density at radius 1 is 1.05 bits per heavy atom. The van der Waals surface area contributed by atoms with E-state index in [-0.39, 0.29) is 0 Å². The van der Waals surface area contributed by atoms with E-state index in [0.717, 1.165) is 28.2 Å². The van der Waals surface area contributed by atoms with Crippen LogP contribution in [-0.2, 0) is 0 Å². The Kier molecular flexibility index (Phi) is 5.50. The number of rotatable bonds is 6.